The predicted molar refractivity (Wildman–Crippen MR) is 70.3 cm³/mol. The minimum atomic E-state index is -0.404. The fourth-order valence-electron chi connectivity index (χ4n) is 2.55. The molecule has 1 aromatic carbocycles. The van der Waals surface area contributed by atoms with Gasteiger partial charge in [-0.2, -0.15) is 5.10 Å². The van der Waals surface area contributed by atoms with Gasteiger partial charge < -0.3 is 4.90 Å². The van der Waals surface area contributed by atoms with E-state index in [4.69, 9.17) is 0 Å². The summed E-state index contributed by atoms with van der Waals surface area (Å²) in [6, 6.07) is 6.23. The molecule has 0 spiro atoms. The van der Waals surface area contributed by atoms with Crippen LogP contribution in [0.15, 0.2) is 30.6 Å². The first-order valence-corrected chi connectivity index (χ1v) is 6.21. The van der Waals surface area contributed by atoms with Gasteiger partial charge in [-0.25, -0.2) is 4.39 Å². The molecule has 0 unspecified atom stereocenters. The first kappa shape index (κ1) is 11.3. The maximum absolute atomic E-state index is 12.9. The zero-order chi connectivity index (χ0) is 12.5. The van der Waals surface area contributed by atoms with Gasteiger partial charge in [0.25, 0.3) is 0 Å². The topological polar surface area (TPSA) is 21.1 Å². The Kier molecular flexibility index (Phi) is 2.78. The number of hydrogen-bond acceptors (Lipinski definition) is 2. The van der Waals surface area contributed by atoms with Crippen LogP contribution in [0.1, 0.15) is 12.0 Å². The third-order valence-corrected chi connectivity index (χ3v) is 3.48. The van der Waals surface area contributed by atoms with E-state index in [9.17, 15) is 4.39 Å². The lowest BCUT2D eigenvalue weighted by Crippen LogP contribution is -2.28. The second-order valence-corrected chi connectivity index (χ2v) is 4.73. The van der Waals surface area contributed by atoms with Gasteiger partial charge in [0.05, 0.1) is 6.20 Å². The Hall–Kier alpha value is -1.84. The molecule has 0 bridgehead atoms. The quantitative estimate of drug-likeness (QED) is 0.759. The molecule has 1 aliphatic rings. The second-order valence-electron chi connectivity index (χ2n) is 4.73. The lowest BCUT2D eigenvalue weighted by Gasteiger charge is -2.28. The van der Waals surface area contributed by atoms with Gasteiger partial charge in [0.2, 0.25) is 0 Å². The number of aromatic nitrogens is 2. The zero-order valence-corrected chi connectivity index (χ0v) is 10.4. The molecular weight excluding hydrogens is 229 g/mol. The van der Waals surface area contributed by atoms with Crippen LogP contribution in [-0.2, 0) is 13.5 Å². The normalized spacial score (nSPS) is 14.7. The fraction of sp³-hybridized carbons (Fsp3) is 0.357. The number of fused-ring (bicyclic) bond motifs is 1. The van der Waals surface area contributed by atoms with Gasteiger partial charge in [0.1, 0.15) is 0 Å². The van der Waals surface area contributed by atoms with Crippen LogP contribution in [-0.4, -0.2) is 23.1 Å². The minimum absolute atomic E-state index is 0.404. The summed E-state index contributed by atoms with van der Waals surface area (Å²) >= 11 is 0. The van der Waals surface area contributed by atoms with Crippen LogP contribution >= 0.6 is 0 Å². The highest BCUT2D eigenvalue weighted by molar-refractivity contribution is 5.68. The molecule has 0 atom stereocenters. The van der Waals surface area contributed by atoms with E-state index in [1.807, 2.05) is 31.6 Å². The highest BCUT2D eigenvalue weighted by Gasteiger charge is 2.17. The van der Waals surface area contributed by atoms with E-state index in [1.54, 1.807) is 9.58 Å². The zero-order valence-electron chi connectivity index (χ0n) is 10.4. The highest BCUT2D eigenvalue weighted by atomic mass is 19.1. The summed E-state index contributed by atoms with van der Waals surface area (Å²) in [5, 5.41) is 4.18. The van der Waals surface area contributed by atoms with Crippen LogP contribution in [0.4, 0.5) is 10.1 Å². The minimum Gasteiger partial charge on any atom is -0.344 e. The molecule has 0 saturated carbocycles. The van der Waals surface area contributed by atoms with Crippen molar-refractivity contribution in [2.45, 2.75) is 12.8 Å². The summed E-state index contributed by atoms with van der Waals surface area (Å²) < 4.78 is 14.7. The molecule has 3 nitrogen and oxygen atoms in total. The Labute approximate surface area is 106 Å². The van der Waals surface area contributed by atoms with E-state index in [0.29, 0.717) is 0 Å². The van der Waals surface area contributed by atoms with Gasteiger partial charge in [-0.15, -0.1) is 0 Å². The monoisotopic (exact) mass is 245 g/mol. The average Bonchev–Trinajstić information content (AvgIpc) is 2.84. The van der Waals surface area contributed by atoms with Crippen molar-refractivity contribution in [3.8, 4) is 11.1 Å². The number of hydrogen-bond donors (Lipinski definition) is 0. The van der Waals surface area contributed by atoms with Crippen molar-refractivity contribution >= 4 is 5.69 Å². The van der Waals surface area contributed by atoms with E-state index < -0.39 is 6.80 Å². The van der Waals surface area contributed by atoms with E-state index in [0.717, 1.165) is 36.2 Å². The Bertz CT molecular complexity index is 562. The van der Waals surface area contributed by atoms with Gasteiger partial charge in [-0.05, 0) is 36.1 Å². The smallest absolute Gasteiger partial charge is 0.161 e. The number of aryl methyl sites for hydroxylation is 2. The number of alkyl halides is 1. The summed E-state index contributed by atoms with van der Waals surface area (Å²) in [7, 11) is 1.91. The van der Waals surface area contributed by atoms with Gasteiger partial charge in [0.15, 0.2) is 6.80 Å². The van der Waals surface area contributed by atoms with Crippen molar-refractivity contribution < 1.29 is 4.39 Å². The first-order chi connectivity index (χ1) is 8.78. The van der Waals surface area contributed by atoms with Crippen molar-refractivity contribution in [1.29, 1.82) is 0 Å². The summed E-state index contributed by atoms with van der Waals surface area (Å²) in [6.07, 6.45) is 5.91. The number of nitrogens with zero attached hydrogens (tertiary/aromatic N) is 3. The molecule has 1 aliphatic heterocycles. The number of rotatable bonds is 2. The van der Waals surface area contributed by atoms with Crippen molar-refractivity contribution in [1.82, 2.24) is 9.78 Å². The molecule has 4 heteroatoms. The Morgan fingerprint density at radius 2 is 2.22 bits per heavy atom. The average molecular weight is 245 g/mol. The molecular formula is C14H16FN3. The number of halogens is 1. The maximum Gasteiger partial charge on any atom is 0.161 e. The van der Waals surface area contributed by atoms with E-state index >= 15 is 0 Å². The van der Waals surface area contributed by atoms with Crippen LogP contribution in [0.25, 0.3) is 11.1 Å². The van der Waals surface area contributed by atoms with Gasteiger partial charge in [-0.3, -0.25) is 4.68 Å². The van der Waals surface area contributed by atoms with Crippen molar-refractivity contribution in [2.24, 2.45) is 7.05 Å². The molecule has 0 amide bonds. The summed E-state index contributed by atoms with van der Waals surface area (Å²) in [4.78, 5) is 1.80. The molecule has 3 rings (SSSR count). The van der Waals surface area contributed by atoms with Gasteiger partial charge >= 0.3 is 0 Å². The number of anilines is 1. The predicted octanol–water partition coefficient (Wildman–Crippen LogP) is 2.77. The van der Waals surface area contributed by atoms with Gasteiger partial charge in [0, 0.05) is 31.0 Å². The molecule has 0 N–H and O–H groups in total. The lowest BCUT2D eigenvalue weighted by atomic mass is 9.98. The lowest BCUT2D eigenvalue weighted by molar-refractivity contribution is 0.463. The van der Waals surface area contributed by atoms with Crippen LogP contribution < -0.4 is 4.90 Å². The van der Waals surface area contributed by atoms with Crippen LogP contribution in [0.3, 0.4) is 0 Å². The molecule has 0 aliphatic carbocycles. The van der Waals surface area contributed by atoms with Crippen LogP contribution in [0, 0.1) is 0 Å². The molecule has 0 fully saturated rings. The van der Waals surface area contributed by atoms with Gasteiger partial charge in [-0.1, -0.05) is 6.07 Å². The van der Waals surface area contributed by atoms with E-state index in [2.05, 4.69) is 11.2 Å². The maximum atomic E-state index is 12.9. The van der Waals surface area contributed by atoms with Crippen molar-refractivity contribution in [2.75, 3.05) is 18.2 Å². The second kappa shape index (κ2) is 4.44. The Balaban J connectivity index is 2.00. The molecule has 0 radical (unpaired) electrons. The number of benzene rings is 1. The van der Waals surface area contributed by atoms with E-state index in [1.165, 1.54) is 5.56 Å². The molecule has 2 aromatic rings. The highest BCUT2D eigenvalue weighted by Crippen LogP contribution is 2.31. The third kappa shape index (κ3) is 1.88. The first-order valence-electron chi connectivity index (χ1n) is 6.21. The largest absolute Gasteiger partial charge is 0.344 e. The Morgan fingerprint density at radius 1 is 1.33 bits per heavy atom. The van der Waals surface area contributed by atoms with E-state index in [-0.39, 0.29) is 0 Å². The summed E-state index contributed by atoms with van der Waals surface area (Å²) in [5.74, 6) is 0. The van der Waals surface area contributed by atoms with Crippen LogP contribution in [0.2, 0.25) is 0 Å². The Morgan fingerprint density at radius 3 is 2.94 bits per heavy atom. The third-order valence-electron chi connectivity index (χ3n) is 3.48. The van der Waals surface area contributed by atoms with Crippen molar-refractivity contribution in [3.63, 3.8) is 0 Å². The molecule has 18 heavy (non-hydrogen) atoms. The fourth-order valence-corrected chi connectivity index (χ4v) is 2.55. The summed E-state index contributed by atoms with van der Waals surface area (Å²) in [5.41, 5.74) is 4.54. The summed E-state index contributed by atoms with van der Waals surface area (Å²) in [6.45, 7) is 0.412. The molecule has 0 saturated heterocycles. The van der Waals surface area contributed by atoms with Crippen LogP contribution in [0.5, 0.6) is 0 Å². The molecule has 2 heterocycles. The molecule has 94 valence electrons. The standard InChI is InChI=1S/C14H16FN3/c1-17-9-13(8-16-17)11-4-5-14-12(7-11)3-2-6-18(14)10-15/h4-5,7-9H,2-3,6,10H2,1H3. The van der Waals surface area contributed by atoms with Crippen molar-refractivity contribution in [3.05, 3.63) is 36.2 Å². The SMILES string of the molecule is Cn1cc(-c2ccc3c(c2)CCCN3CF)cn1. The molecule has 1 aromatic heterocycles.